The normalized spacial score (nSPS) is 10.4. The standard InChI is InChI=1S/C13H15N3O4/c14-10(17)4-2-8-16-13(20)12-9(3-1-7-15-12)5-6-11(18)19/h1,3,5-7H,2,4,8H2,(H2,14,17)(H,16,20)(H,18,19)/b6-5+. The number of aromatic nitrogens is 1. The van der Waals surface area contributed by atoms with E-state index in [1.54, 1.807) is 12.1 Å². The number of rotatable bonds is 7. The Morgan fingerprint density at radius 3 is 2.80 bits per heavy atom. The first kappa shape index (κ1) is 15.4. The average Bonchev–Trinajstić information content (AvgIpc) is 2.41. The van der Waals surface area contributed by atoms with E-state index in [0.29, 0.717) is 18.5 Å². The van der Waals surface area contributed by atoms with Gasteiger partial charge in [-0.1, -0.05) is 6.07 Å². The Bertz CT molecular complexity index is 540. The molecule has 4 N–H and O–H groups in total. The van der Waals surface area contributed by atoms with E-state index in [1.165, 1.54) is 12.3 Å². The number of aliphatic carboxylic acids is 1. The van der Waals surface area contributed by atoms with Crippen LogP contribution >= 0.6 is 0 Å². The third-order valence-electron chi connectivity index (χ3n) is 2.34. The molecule has 0 aliphatic heterocycles. The van der Waals surface area contributed by atoms with Gasteiger partial charge >= 0.3 is 5.97 Å². The van der Waals surface area contributed by atoms with Crippen LogP contribution in [0.2, 0.25) is 0 Å². The minimum Gasteiger partial charge on any atom is -0.478 e. The molecule has 0 radical (unpaired) electrons. The van der Waals surface area contributed by atoms with E-state index in [0.717, 1.165) is 6.08 Å². The molecule has 1 aromatic rings. The molecule has 7 heteroatoms. The fraction of sp³-hybridized carbons (Fsp3) is 0.231. The second kappa shape index (κ2) is 7.67. The first-order valence-corrected chi connectivity index (χ1v) is 5.93. The van der Waals surface area contributed by atoms with Crippen LogP contribution in [-0.2, 0) is 9.59 Å². The summed E-state index contributed by atoms with van der Waals surface area (Å²) in [6.45, 7) is 0.292. The summed E-state index contributed by atoms with van der Waals surface area (Å²) in [5.74, 6) is -1.97. The molecule has 106 valence electrons. The van der Waals surface area contributed by atoms with Gasteiger partial charge in [0.2, 0.25) is 5.91 Å². The highest BCUT2D eigenvalue weighted by Gasteiger charge is 2.10. The van der Waals surface area contributed by atoms with Crippen LogP contribution in [0.25, 0.3) is 6.08 Å². The number of pyridine rings is 1. The maximum Gasteiger partial charge on any atom is 0.328 e. The highest BCUT2D eigenvalue weighted by Crippen LogP contribution is 2.07. The van der Waals surface area contributed by atoms with Crippen molar-refractivity contribution in [2.75, 3.05) is 6.54 Å². The highest BCUT2D eigenvalue weighted by atomic mass is 16.4. The smallest absolute Gasteiger partial charge is 0.328 e. The third-order valence-corrected chi connectivity index (χ3v) is 2.34. The topological polar surface area (TPSA) is 122 Å². The molecule has 0 unspecified atom stereocenters. The number of carboxylic acids is 1. The number of carbonyl (C=O) groups excluding carboxylic acids is 2. The molecule has 0 atom stereocenters. The van der Waals surface area contributed by atoms with Crippen LogP contribution < -0.4 is 11.1 Å². The molecular weight excluding hydrogens is 262 g/mol. The number of nitrogens with one attached hydrogen (secondary N) is 1. The van der Waals surface area contributed by atoms with E-state index in [9.17, 15) is 14.4 Å². The van der Waals surface area contributed by atoms with Crippen LogP contribution in [0.3, 0.4) is 0 Å². The van der Waals surface area contributed by atoms with Gasteiger partial charge in [-0.25, -0.2) is 4.79 Å². The largest absolute Gasteiger partial charge is 0.478 e. The molecule has 0 spiro atoms. The number of hydrogen-bond donors (Lipinski definition) is 3. The number of nitrogens with zero attached hydrogens (tertiary/aromatic N) is 1. The van der Waals surface area contributed by atoms with E-state index in [-0.39, 0.29) is 12.1 Å². The Morgan fingerprint density at radius 1 is 1.40 bits per heavy atom. The lowest BCUT2D eigenvalue weighted by Gasteiger charge is -2.06. The molecule has 0 bridgehead atoms. The molecule has 2 amide bonds. The number of hydrogen-bond acceptors (Lipinski definition) is 4. The predicted octanol–water partition coefficient (Wildman–Crippen LogP) is 0.175. The zero-order valence-corrected chi connectivity index (χ0v) is 10.7. The summed E-state index contributed by atoms with van der Waals surface area (Å²) < 4.78 is 0. The quantitative estimate of drug-likeness (QED) is 0.484. The second-order valence-corrected chi connectivity index (χ2v) is 3.94. The number of carbonyl (C=O) groups is 3. The molecule has 20 heavy (non-hydrogen) atoms. The maximum atomic E-state index is 11.9. The van der Waals surface area contributed by atoms with Crippen molar-refractivity contribution in [3.63, 3.8) is 0 Å². The molecule has 1 aromatic heterocycles. The fourth-order valence-electron chi connectivity index (χ4n) is 1.45. The summed E-state index contributed by atoms with van der Waals surface area (Å²) in [6.07, 6.45) is 4.30. The van der Waals surface area contributed by atoms with E-state index in [4.69, 9.17) is 10.8 Å². The molecule has 0 saturated carbocycles. The molecule has 0 fully saturated rings. The molecule has 0 aromatic carbocycles. The molecule has 7 nitrogen and oxygen atoms in total. The van der Waals surface area contributed by atoms with Crippen molar-refractivity contribution in [1.29, 1.82) is 0 Å². The Balaban J connectivity index is 2.68. The average molecular weight is 277 g/mol. The van der Waals surface area contributed by atoms with Gasteiger partial charge in [-0.05, 0) is 18.6 Å². The van der Waals surface area contributed by atoms with Crippen molar-refractivity contribution in [3.05, 3.63) is 35.7 Å². The SMILES string of the molecule is NC(=O)CCCNC(=O)c1ncccc1/C=C/C(=O)O. The maximum absolute atomic E-state index is 11.9. The molecule has 1 heterocycles. The molecule has 1 rings (SSSR count). The summed E-state index contributed by atoms with van der Waals surface area (Å²) in [5.41, 5.74) is 5.52. The fourth-order valence-corrected chi connectivity index (χ4v) is 1.45. The second-order valence-electron chi connectivity index (χ2n) is 3.94. The van der Waals surface area contributed by atoms with E-state index >= 15 is 0 Å². The third kappa shape index (κ3) is 5.30. The highest BCUT2D eigenvalue weighted by molar-refractivity contribution is 5.97. The Hall–Kier alpha value is -2.70. The summed E-state index contributed by atoms with van der Waals surface area (Å²) in [4.78, 5) is 36.8. The summed E-state index contributed by atoms with van der Waals surface area (Å²) >= 11 is 0. The monoisotopic (exact) mass is 277 g/mol. The predicted molar refractivity (Wildman–Crippen MR) is 71.7 cm³/mol. The minimum absolute atomic E-state index is 0.129. The van der Waals surface area contributed by atoms with E-state index < -0.39 is 17.8 Å². The van der Waals surface area contributed by atoms with Crippen LogP contribution in [0.1, 0.15) is 28.9 Å². The zero-order valence-electron chi connectivity index (χ0n) is 10.7. The molecular formula is C13H15N3O4. The van der Waals surface area contributed by atoms with Crippen molar-refractivity contribution in [3.8, 4) is 0 Å². The molecule has 0 saturated heterocycles. The van der Waals surface area contributed by atoms with Crippen LogP contribution in [0, 0.1) is 0 Å². The Kier molecular flexibility index (Phi) is 5.89. The molecule has 0 aliphatic rings. The van der Waals surface area contributed by atoms with Crippen molar-refractivity contribution in [1.82, 2.24) is 10.3 Å². The molecule has 0 aliphatic carbocycles. The van der Waals surface area contributed by atoms with Gasteiger partial charge in [0.15, 0.2) is 0 Å². The number of amides is 2. The first-order valence-electron chi connectivity index (χ1n) is 5.93. The van der Waals surface area contributed by atoms with Crippen LogP contribution in [0.4, 0.5) is 0 Å². The summed E-state index contributed by atoms with van der Waals surface area (Å²) in [5, 5.41) is 11.2. The van der Waals surface area contributed by atoms with Gasteiger partial charge in [0.25, 0.3) is 5.91 Å². The van der Waals surface area contributed by atoms with Crippen molar-refractivity contribution in [2.45, 2.75) is 12.8 Å². The minimum atomic E-state index is -1.11. The van der Waals surface area contributed by atoms with Crippen LogP contribution in [0.15, 0.2) is 24.4 Å². The summed E-state index contributed by atoms with van der Waals surface area (Å²) in [7, 11) is 0. The van der Waals surface area contributed by atoms with Crippen molar-refractivity contribution < 1.29 is 19.5 Å². The van der Waals surface area contributed by atoms with Gasteiger partial charge in [0.1, 0.15) is 5.69 Å². The van der Waals surface area contributed by atoms with E-state index in [1.807, 2.05) is 0 Å². The first-order chi connectivity index (χ1) is 9.50. The zero-order chi connectivity index (χ0) is 15.0. The van der Waals surface area contributed by atoms with Gasteiger partial charge < -0.3 is 16.2 Å². The van der Waals surface area contributed by atoms with Gasteiger partial charge in [-0.2, -0.15) is 0 Å². The number of carboxylic acid groups (broad SMARTS) is 1. The lowest BCUT2D eigenvalue weighted by atomic mass is 10.1. The number of primary amides is 1. The van der Waals surface area contributed by atoms with Crippen molar-refractivity contribution >= 4 is 23.9 Å². The van der Waals surface area contributed by atoms with E-state index in [2.05, 4.69) is 10.3 Å². The lowest BCUT2D eigenvalue weighted by Crippen LogP contribution is -2.27. The van der Waals surface area contributed by atoms with Crippen LogP contribution in [-0.4, -0.2) is 34.4 Å². The lowest BCUT2D eigenvalue weighted by molar-refractivity contribution is -0.131. The van der Waals surface area contributed by atoms with Gasteiger partial charge in [-0.15, -0.1) is 0 Å². The summed E-state index contributed by atoms with van der Waals surface area (Å²) in [6, 6.07) is 3.19. The van der Waals surface area contributed by atoms with Crippen LogP contribution in [0.5, 0.6) is 0 Å². The Labute approximate surface area is 115 Å². The van der Waals surface area contributed by atoms with Gasteiger partial charge in [-0.3, -0.25) is 14.6 Å². The van der Waals surface area contributed by atoms with Gasteiger partial charge in [0, 0.05) is 30.8 Å². The van der Waals surface area contributed by atoms with Crippen molar-refractivity contribution in [2.24, 2.45) is 5.73 Å². The Morgan fingerprint density at radius 2 is 2.15 bits per heavy atom. The number of nitrogens with two attached hydrogens (primary N) is 1. The van der Waals surface area contributed by atoms with Gasteiger partial charge in [0.05, 0.1) is 0 Å².